The predicted molar refractivity (Wildman–Crippen MR) is 138 cm³/mol. The van der Waals surface area contributed by atoms with E-state index in [1.165, 1.54) is 6.07 Å². The van der Waals surface area contributed by atoms with Crippen molar-refractivity contribution >= 4 is 40.1 Å². The molecule has 2 heterocycles. The second-order valence-corrected chi connectivity index (χ2v) is 9.82. The molecule has 5 rings (SSSR count). The second kappa shape index (κ2) is 10.5. The van der Waals surface area contributed by atoms with Gasteiger partial charge >= 0.3 is 18.4 Å². The van der Waals surface area contributed by atoms with E-state index in [1.54, 1.807) is 6.92 Å². The summed E-state index contributed by atoms with van der Waals surface area (Å²) in [5.74, 6) is -4.35. The number of anilines is 1. The van der Waals surface area contributed by atoms with Gasteiger partial charge in [-0.15, -0.1) is 0 Å². The van der Waals surface area contributed by atoms with Crippen LogP contribution in [0.5, 0.6) is 0 Å². The molecule has 0 bridgehead atoms. The molecule has 2 amide bonds. The Hall–Kier alpha value is -4.33. The molecular weight excluding hydrogens is 597 g/mol. The number of hydrogen-bond acceptors (Lipinski definition) is 3. The van der Waals surface area contributed by atoms with Gasteiger partial charge in [-0.05, 0) is 48.9 Å². The molecule has 1 unspecified atom stereocenters. The average molecular weight is 615 g/mol. The molecule has 0 radical (unpaired) electrons. The predicted octanol–water partition coefficient (Wildman–Crippen LogP) is 6.64. The molecule has 42 heavy (non-hydrogen) atoms. The summed E-state index contributed by atoms with van der Waals surface area (Å²) in [6, 6.07) is 4.07. The molecular formula is C27H18ClF7N4O3. The van der Waals surface area contributed by atoms with Crippen LogP contribution in [0, 0.1) is 11.6 Å². The van der Waals surface area contributed by atoms with Gasteiger partial charge in [-0.3, -0.25) is 14.2 Å². The number of fused-ring (bicyclic) bond motifs is 3. The smallest absolute Gasteiger partial charge is 0.341 e. The van der Waals surface area contributed by atoms with Gasteiger partial charge in [-0.25, -0.2) is 18.1 Å². The van der Waals surface area contributed by atoms with Gasteiger partial charge in [0.25, 0.3) is 11.8 Å². The van der Waals surface area contributed by atoms with Gasteiger partial charge in [-0.1, -0.05) is 18.5 Å². The van der Waals surface area contributed by atoms with Crippen molar-refractivity contribution in [3.8, 4) is 0 Å². The van der Waals surface area contributed by atoms with Crippen molar-refractivity contribution in [1.82, 2.24) is 14.5 Å². The molecule has 1 aromatic heterocycles. The standard InChI is InChI=1S/C27H18ClF7N4O3/c1-2-5-38-18-10-17(36-23(40)11-6-12(27(33,34)35)8-14(30)7-11)19-20(22(18)39(25(31)32)26(38)42)24(41)37-21(19)15-9-13(29)3-4-16(15)28/h3-4,6-10,21,25H,2,5H2,1H3,(H,36,40)(H,37,41). The van der Waals surface area contributed by atoms with E-state index in [9.17, 15) is 45.1 Å². The number of amides is 2. The molecule has 15 heteroatoms. The minimum Gasteiger partial charge on any atom is -0.341 e. The van der Waals surface area contributed by atoms with Crippen LogP contribution < -0.4 is 16.3 Å². The van der Waals surface area contributed by atoms with E-state index in [4.69, 9.17) is 11.6 Å². The topological polar surface area (TPSA) is 85.1 Å². The van der Waals surface area contributed by atoms with Gasteiger partial charge in [0.1, 0.15) is 11.6 Å². The molecule has 0 saturated heterocycles. The van der Waals surface area contributed by atoms with E-state index >= 15 is 0 Å². The van der Waals surface area contributed by atoms with Crippen LogP contribution >= 0.6 is 11.6 Å². The molecule has 0 fully saturated rings. The molecule has 1 aliphatic heterocycles. The third-order valence-corrected chi connectivity index (χ3v) is 7.07. The van der Waals surface area contributed by atoms with Gasteiger partial charge in [-0.2, -0.15) is 22.0 Å². The molecule has 1 aliphatic rings. The van der Waals surface area contributed by atoms with Crippen molar-refractivity contribution in [3.05, 3.63) is 97.4 Å². The zero-order valence-corrected chi connectivity index (χ0v) is 22.0. The Morgan fingerprint density at radius 1 is 1.07 bits per heavy atom. The minimum atomic E-state index is -4.98. The fourth-order valence-electron chi connectivity index (χ4n) is 5.03. The molecule has 3 aromatic carbocycles. The molecule has 0 aliphatic carbocycles. The molecule has 220 valence electrons. The fraction of sp³-hybridized carbons (Fsp3) is 0.222. The molecule has 7 nitrogen and oxygen atoms in total. The van der Waals surface area contributed by atoms with Crippen molar-refractivity contribution in [2.24, 2.45) is 0 Å². The maximum atomic E-state index is 14.2. The number of aryl methyl sites for hydroxylation is 1. The van der Waals surface area contributed by atoms with E-state index in [0.717, 1.165) is 22.8 Å². The summed E-state index contributed by atoms with van der Waals surface area (Å²) < 4.78 is 97.6. The number of hydrogen-bond donors (Lipinski definition) is 2. The second-order valence-electron chi connectivity index (χ2n) is 9.42. The molecule has 0 spiro atoms. The zero-order chi connectivity index (χ0) is 30.7. The first-order valence-corrected chi connectivity index (χ1v) is 12.7. The SMILES string of the molecule is CCCn1c(=O)n(C(F)F)c2c3c(c(NC(=O)c4cc(F)cc(C(F)(F)F)c4)cc21)C(c1cc(F)ccc1Cl)NC3=O. The zero-order valence-electron chi connectivity index (χ0n) is 21.3. The number of carbonyl (C=O) groups is 2. The van der Waals surface area contributed by atoms with Crippen LogP contribution in [-0.4, -0.2) is 20.9 Å². The average Bonchev–Trinajstić information content (AvgIpc) is 3.39. The largest absolute Gasteiger partial charge is 0.416 e. The molecule has 0 saturated carbocycles. The molecule has 2 N–H and O–H groups in total. The van der Waals surface area contributed by atoms with Crippen molar-refractivity contribution in [3.63, 3.8) is 0 Å². The Balaban J connectivity index is 1.80. The van der Waals surface area contributed by atoms with Gasteiger partial charge < -0.3 is 10.6 Å². The first-order valence-electron chi connectivity index (χ1n) is 12.3. The number of carbonyl (C=O) groups excluding carboxylic acids is 2. The summed E-state index contributed by atoms with van der Waals surface area (Å²) in [6.45, 7) is -1.80. The summed E-state index contributed by atoms with van der Waals surface area (Å²) in [4.78, 5) is 39.5. The lowest BCUT2D eigenvalue weighted by Gasteiger charge is -2.19. The van der Waals surface area contributed by atoms with Crippen molar-refractivity contribution in [2.45, 2.75) is 38.7 Å². The number of alkyl halides is 5. The summed E-state index contributed by atoms with van der Waals surface area (Å²) in [5.41, 5.74) is -5.01. The Labute approximate surface area is 236 Å². The summed E-state index contributed by atoms with van der Waals surface area (Å²) in [5, 5.41) is 4.76. The molecule has 4 aromatic rings. The highest BCUT2D eigenvalue weighted by Crippen LogP contribution is 2.43. The number of halogens is 8. The van der Waals surface area contributed by atoms with E-state index in [1.807, 2.05) is 0 Å². The number of nitrogens with zero attached hydrogens (tertiary/aromatic N) is 2. The van der Waals surface area contributed by atoms with Gasteiger partial charge in [0.05, 0.1) is 28.2 Å². The van der Waals surface area contributed by atoms with Gasteiger partial charge in [0, 0.05) is 33.9 Å². The van der Waals surface area contributed by atoms with Crippen LogP contribution in [0.2, 0.25) is 5.02 Å². The Morgan fingerprint density at radius 3 is 2.43 bits per heavy atom. The normalized spacial score (nSPS) is 14.9. The van der Waals surface area contributed by atoms with Crippen LogP contribution in [-0.2, 0) is 12.7 Å². The highest BCUT2D eigenvalue weighted by molar-refractivity contribution is 6.31. The fourth-order valence-corrected chi connectivity index (χ4v) is 5.26. The van der Waals surface area contributed by atoms with Crippen LogP contribution in [0.3, 0.4) is 0 Å². The van der Waals surface area contributed by atoms with Crippen LogP contribution in [0.25, 0.3) is 11.0 Å². The minimum absolute atomic E-state index is 0.0392. The van der Waals surface area contributed by atoms with Gasteiger partial charge in [0.2, 0.25) is 0 Å². The summed E-state index contributed by atoms with van der Waals surface area (Å²) in [7, 11) is 0. The van der Waals surface area contributed by atoms with Crippen molar-refractivity contribution < 1.29 is 40.3 Å². The van der Waals surface area contributed by atoms with Gasteiger partial charge in [0.15, 0.2) is 0 Å². The lowest BCUT2D eigenvalue weighted by molar-refractivity contribution is -0.137. The van der Waals surface area contributed by atoms with Crippen LogP contribution in [0.4, 0.5) is 36.4 Å². The highest BCUT2D eigenvalue weighted by atomic mass is 35.5. The first-order chi connectivity index (χ1) is 19.7. The lowest BCUT2D eigenvalue weighted by Crippen LogP contribution is -2.25. The number of imidazole rings is 1. The van der Waals surface area contributed by atoms with E-state index in [0.29, 0.717) is 18.6 Å². The van der Waals surface area contributed by atoms with E-state index in [-0.39, 0.29) is 44.5 Å². The number of nitrogens with one attached hydrogen (secondary N) is 2. The van der Waals surface area contributed by atoms with Crippen molar-refractivity contribution in [1.29, 1.82) is 0 Å². The maximum absolute atomic E-state index is 14.2. The Kier molecular flexibility index (Phi) is 7.29. The van der Waals surface area contributed by atoms with Crippen LogP contribution in [0.15, 0.2) is 47.3 Å². The third-order valence-electron chi connectivity index (χ3n) is 6.73. The maximum Gasteiger partial charge on any atom is 0.416 e. The summed E-state index contributed by atoms with van der Waals surface area (Å²) >= 11 is 6.26. The number of rotatable bonds is 6. The lowest BCUT2D eigenvalue weighted by atomic mass is 9.95. The van der Waals surface area contributed by atoms with Crippen molar-refractivity contribution in [2.75, 3.05) is 5.32 Å². The van der Waals surface area contributed by atoms with E-state index in [2.05, 4.69) is 10.6 Å². The quantitative estimate of drug-likeness (QED) is 0.239. The summed E-state index contributed by atoms with van der Waals surface area (Å²) in [6.07, 6.45) is -4.68. The Morgan fingerprint density at radius 2 is 1.79 bits per heavy atom. The molecule has 1 atom stereocenters. The monoisotopic (exact) mass is 614 g/mol. The highest BCUT2D eigenvalue weighted by Gasteiger charge is 2.39. The number of benzene rings is 3. The Bertz CT molecular complexity index is 1830. The third kappa shape index (κ3) is 4.89. The number of aromatic nitrogens is 2. The first kappa shape index (κ1) is 29.2. The van der Waals surface area contributed by atoms with E-state index < -0.39 is 70.1 Å². The van der Waals surface area contributed by atoms with Crippen LogP contribution in [0.1, 0.15) is 63.3 Å².